The number of carbonyl (C=O) groups is 1. The molecule has 1 aromatic rings. The van der Waals surface area contributed by atoms with E-state index in [-0.39, 0.29) is 30.4 Å². The highest BCUT2D eigenvalue weighted by Crippen LogP contribution is 2.43. The molecule has 0 unspecified atom stereocenters. The number of nitrogens with one attached hydrogen (secondary N) is 1. The predicted octanol–water partition coefficient (Wildman–Crippen LogP) is 1.79. The summed E-state index contributed by atoms with van der Waals surface area (Å²) < 4.78 is 31.9. The molecule has 0 radical (unpaired) electrons. The van der Waals surface area contributed by atoms with Crippen LogP contribution in [0.15, 0.2) is 11.4 Å². The molecule has 1 aromatic heterocycles. The standard InChI is InChI=1S/C16H24N2O4S2/c1-11-9-18(10-12(2)22-11)24(20,21)8-6-17-16(19)15-14(5-7-23-15)13-3-4-13/h5,7,11-13H,3-4,6,8-10H2,1-2H3,(H,17,19)/t11-,12+. The van der Waals surface area contributed by atoms with Gasteiger partial charge in [-0.1, -0.05) is 0 Å². The van der Waals surface area contributed by atoms with E-state index in [0.29, 0.717) is 19.0 Å². The minimum atomic E-state index is -3.39. The van der Waals surface area contributed by atoms with Crippen molar-refractivity contribution in [3.05, 3.63) is 21.9 Å². The van der Waals surface area contributed by atoms with Gasteiger partial charge in [-0.25, -0.2) is 8.42 Å². The first-order chi connectivity index (χ1) is 11.4. The maximum atomic E-state index is 12.5. The summed E-state index contributed by atoms with van der Waals surface area (Å²) >= 11 is 1.42. The summed E-state index contributed by atoms with van der Waals surface area (Å²) in [6.45, 7) is 4.62. The van der Waals surface area contributed by atoms with Crippen molar-refractivity contribution in [2.45, 2.75) is 44.8 Å². The Labute approximate surface area is 147 Å². The van der Waals surface area contributed by atoms with Crippen molar-refractivity contribution in [2.75, 3.05) is 25.4 Å². The number of thiophene rings is 1. The van der Waals surface area contributed by atoms with E-state index in [4.69, 9.17) is 4.74 Å². The molecule has 2 atom stereocenters. The summed E-state index contributed by atoms with van der Waals surface area (Å²) in [5.41, 5.74) is 1.11. The first-order valence-corrected chi connectivity index (χ1v) is 10.8. The Balaban J connectivity index is 1.53. The number of nitrogens with zero attached hydrogens (tertiary/aromatic N) is 1. The zero-order valence-electron chi connectivity index (χ0n) is 14.0. The summed E-state index contributed by atoms with van der Waals surface area (Å²) in [5.74, 6) is 0.269. The summed E-state index contributed by atoms with van der Waals surface area (Å²) in [4.78, 5) is 13.0. The molecule has 24 heavy (non-hydrogen) atoms. The van der Waals surface area contributed by atoms with Gasteiger partial charge in [-0.15, -0.1) is 11.3 Å². The fourth-order valence-electron chi connectivity index (χ4n) is 3.08. The largest absolute Gasteiger partial charge is 0.373 e. The van der Waals surface area contributed by atoms with Gasteiger partial charge >= 0.3 is 0 Å². The van der Waals surface area contributed by atoms with Crippen LogP contribution in [0, 0.1) is 0 Å². The van der Waals surface area contributed by atoms with Crippen LogP contribution < -0.4 is 5.32 Å². The van der Waals surface area contributed by atoms with Crippen LogP contribution in [0.3, 0.4) is 0 Å². The maximum Gasteiger partial charge on any atom is 0.261 e. The van der Waals surface area contributed by atoms with Crippen LogP contribution in [-0.4, -0.2) is 56.2 Å². The van der Waals surface area contributed by atoms with Gasteiger partial charge in [-0.2, -0.15) is 4.31 Å². The SMILES string of the molecule is C[C@@H]1CN(S(=O)(=O)CCNC(=O)c2sccc2C2CC2)C[C@H](C)O1. The van der Waals surface area contributed by atoms with Crippen LogP contribution >= 0.6 is 11.3 Å². The molecule has 8 heteroatoms. The Kier molecular flexibility index (Phi) is 5.29. The maximum absolute atomic E-state index is 12.5. The smallest absolute Gasteiger partial charge is 0.261 e. The molecule has 0 spiro atoms. The van der Waals surface area contributed by atoms with Crippen LogP contribution in [0.1, 0.15) is 47.8 Å². The summed E-state index contributed by atoms with van der Waals surface area (Å²) in [6, 6.07) is 2.00. The first kappa shape index (κ1) is 17.8. The molecular weight excluding hydrogens is 348 g/mol. The number of morpholine rings is 1. The molecule has 6 nitrogen and oxygen atoms in total. The second-order valence-corrected chi connectivity index (χ2v) is 9.63. The van der Waals surface area contributed by atoms with Gasteiger partial charge < -0.3 is 10.1 Å². The average Bonchev–Trinajstić information content (AvgIpc) is 3.23. The normalized spacial score (nSPS) is 25.6. The van der Waals surface area contributed by atoms with Crippen LogP contribution in [-0.2, 0) is 14.8 Å². The van der Waals surface area contributed by atoms with Gasteiger partial charge in [-0.3, -0.25) is 4.79 Å². The third kappa shape index (κ3) is 4.17. The van der Waals surface area contributed by atoms with Gasteiger partial charge in [0.1, 0.15) is 0 Å². The molecule has 134 valence electrons. The number of carbonyl (C=O) groups excluding carboxylic acids is 1. The highest BCUT2D eigenvalue weighted by molar-refractivity contribution is 7.89. The second kappa shape index (κ2) is 7.11. The lowest BCUT2D eigenvalue weighted by molar-refractivity contribution is -0.0440. The van der Waals surface area contributed by atoms with Crippen molar-refractivity contribution in [3.63, 3.8) is 0 Å². The van der Waals surface area contributed by atoms with Crippen molar-refractivity contribution in [1.82, 2.24) is 9.62 Å². The fourth-order valence-corrected chi connectivity index (χ4v) is 5.47. The molecule has 0 bridgehead atoms. The van der Waals surface area contributed by atoms with Crippen LogP contribution in [0.2, 0.25) is 0 Å². The number of rotatable bonds is 6. The van der Waals surface area contributed by atoms with Crippen molar-refractivity contribution in [1.29, 1.82) is 0 Å². The first-order valence-electron chi connectivity index (χ1n) is 8.35. The Hall–Kier alpha value is -0.960. The third-order valence-corrected chi connectivity index (χ3v) is 7.08. The molecule has 1 aliphatic heterocycles. The minimum absolute atomic E-state index is 0.0810. The average molecular weight is 373 g/mol. The molecular formula is C16H24N2O4S2. The summed E-state index contributed by atoms with van der Waals surface area (Å²) in [7, 11) is -3.39. The number of hydrogen-bond donors (Lipinski definition) is 1. The monoisotopic (exact) mass is 372 g/mol. The lowest BCUT2D eigenvalue weighted by Gasteiger charge is -2.34. The highest BCUT2D eigenvalue weighted by Gasteiger charge is 2.31. The van der Waals surface area contributed by atoms with Crippen molar-refractivity contribution >= 4 is 27.3 Å². The number of amides is 1. The fraction of sp³-hybridized carbons (Fsp3) is 0.688. The Morgan fingerprint density at radius 3 is 2.62 bits per heavy atom. The molecule has 1 amide bonds. The number of sulfonamides is 1. The molecule has 1 N–H and O–H groups in total. The molecule has 1 saturated carbocycles. The molecule has 1 aliphatic carbocycles. The van der Waals surface area contributed by atoms with Crippen LogP contribution in [0.4, 0.5) is 0 Å². The van der Waals surface area contributed by atoms with E-state index in [2.05, 4.69) is 5.32 Å². The highest BCUT2D eigenvalue weighted by atomic mass is 32.2. The van der Waals surface area contributed by atoms with E-state index in [0.717, 1.165) is 23.3 Å². The van der Waals surface area contributed by atoms with Crippen molar-refractivity contribution in [3.8, 4) is 0 Å². The van der Waals surface area contributed by atoms with Gasteiger partial charge in [-0.05, 0) is 49.6 Å². The predicted molar refractivity (Wildman–Crippen MR) is 94.0 cm³/mol. The molecule has 1 saturated heterocycles. The quantitative estimate of drug-likeness (QED) is 0.826. The molecule has 3 rings (SSSR count). The zero-order valence-corrected chi connectivity index (χ0v) is 15.7. The van der Waals surface area contributed by atoms with E-state index < -0.39 is 10.0 Å². The van der Waals surface area contributed by atoms with E-state index in [1.807, 2.05) is 25.3 Å². The topological polar surface area (TPSA) is 75.7 Å². The van der Waals surface area contributed by atoms with E-state index in [1.165, 1.54) is 15.6 Å². The Bertz CT molecular complexity index is 687. The second-order valence-electron chi connectivity index (χ2n) is 6.63. The lowest BCUT2D eigenvalue weighted by Crippen LogP contribution is -2.49. The van der Waals surface area contributed by atoms with E-state index in [1.54, 1.807) is 0 Å². The lowest BCUT2D eigenvalue weighted by atomic mass is 10.1. The zero-order chi connectivity index (χ0) is 17.3. The van der Waals surface area contributed by atoms with Gasteiger partial charge in [0.15, 0.2) is 0 Å². The van der Waals surface area contributed by atoms with E-state index >= 15 is 0 Å². The Morgan fingerprint density at radius 2 is 2.00 bits per heavy atom. The number of ether oxygens (including phenoxy) is 1. The third-order valence-electron chi connectivity index (χ3n) is 4.34. The van der Waals surface area contributed by atoms with Crippen LogP contribution in [0.25, 0.3) is 0 Å². The number of hydrogen-bond acceptors (Lipinski definition) is 5. The van der Waals surface area contributed by atoms with Crippen molar-refractivity contribution < 1.29 is 17.9 Å². The molecule has 0 aromatic carbocycles. The minimum Gasteiger partial charge on any atom is -0.373 e. The van der Waals surface area contributed by atoms with Crippen molar-refractivity contribution in [2.24, 2.45) is 0 Å². The van der Waals surface area contributed by atoms with Gasteiger partial charge in [0.2, 0.25) is 10.0 Å². The summed E-state index contributed by atoms with van der Waals surface area (Å²) in [5, 5.41) is 4.69. The molecule has 2 heterocycles. The van der Waals surface area contributed by atoms with Gasteiger partial charge in [0.25, 0.3) is 5.91 Å². The van der Waals surface area contributed by atoms with Crippen LogP contribution in [0.5, 0.6) is 0 Å². The Morgan fingerprint density at radius 1 is 1.33 bits per heavy atom. The molecule has 2 aliphatic rings. The summed E-state index contributed by atoms with van der Waals surface area (Å²) in [6.07, 6.45) is 2.06. The van der Waals surface area contributed by atoms with Gasteiger partial charge in [0.05, 0.1) is 22.8 Å². The van der Waals surface area contributed by atoms with E-state index in [9.17, 15) is 13.2 Å². The molecule has 2 fully saturated rings. The van der Waals surface area contributed by atoms with Gasteiger partial charge in [0, 0.05) is 19.6 Å².